The van der Waals surface area contributed by atoms with Crippen molar-refractivity contribution < 1.29 is 9.53 Å². The van der Waals surface area contributed by atoms with Crippen molar-refractivity contribution in [2.24, 2.45) is 0 Å². The molecule has 154 valence electrons. The first-order chi connectivity index (χ1) is 14.4. The molecule has 4 heterocycles. The Bertz CT molecular complexity index is 1220. The second-order valence-corrected chi connectivity index (χ2v) is 8.81. The normalized spacial score (nSPS) is 11.3. The second kappa shape index (κ2) is 7.87. The first-order valence-electron chi connectivity index (χ1n) is 9.64. The van der Waals surface area contributed by atoms with Crippen LogP contribution in [0.3, 0.4) is 0 Å². The summed E-state index contributed by atoms with van der Waals surface area (Å²) < 4.78 is 6.92. The lowest BCUT2D eigenvalue weighted by Gasteiger charge is -2.11. The number of aryl methyl sites for hydroxylation is 2. The summed E-state index contributed by atoms with van der Waals surface area (Å²) in [5.74, 6) is 0.256. The Morgan fingerprint density at radius 1 is 1.20 bits per heavy atom. The van der Waals surface area contributed by atoms with Gasteiger partial charge in [-0.25, -0.2) is 14.6 Å². The zero-order chi connectivity index (χ0) is 21.4. The molecule has 30 heavy (non-hydrogen) atoms. The number of methoxy groups -OCH3 is 1. The molecule has 0 aliphatic rings. The highest BCUT2D eigenvalue weighted by molar-refractivity contribution is 7.12. The minimum atomic E-state index is -0.233. The third-order valence-electron chi connectivity index (χ3n) is 4.82. The van der Waals surface area contributed by atoms with Gasteiger partial charge in [-0.3, -0.25) is 4.79 Å². The first kappa shape index (κ1) is 20.0. The van der Waals surface area contributed by atoms with Crippen LogP contribution in [0, 0.1) is 13.8 Å². The molecule has 4 aromatic heterocycles. The number of anilines is 1. The van der Waals surface area contributed by atoms with E-state index < -0.39 is 0 Å². The largest absolute Gasteiger partial charge is 0.481 e. The smallest absolute Gasteiger partial charge is 0.256 e. The van der Waals surface area contributed by atoms with E-state index in [4.69, 9.17) is 9.72 Å². The van der Waals surface area contributed by atoms with E-state index in [1.165, 1.54) is 9.75 Å². The summed E-state index contributed by atoms with van der Waals surface area (Å²) in [6.07, 6.45) is 3.28. The number of thiophene rings is 1. The van der Waals surface area contributed by atoms with E-state index in [0.717, 1.165) is 16.6 Å². The van der Waals surface area contributed by atoms with E-state index in [-0.39, 0.29) is 11.9 Å². The van der Waals surface area contributed by atoms with Crippen molar-refractivity contribution in [2.45, 2.75) is 33.7 Å². The van der Waals surface area contributed by atoms with Crippen molar-refractivity contribution in [2.75, 3.05) is 12.4 Å². The predicted molar refractivity (Wildman–Crippen MR) is 119 cm³/mol. The number of nitrogens with one attached hydrogen (secondary N) is 1. The fourth-order valence-corrected chi connectivity index (χ4v) is 4.31. The number of aromatic nitrogens is 4. The highest BCUT2D eigenvalue weighted by atomic mass is 32.1. The third-order valence-corrected chi connectivity index (χ3v) is 5.79. The maximum atomic E-state index is 13.2. The Labute approximate surface area is 178 Å². The van der Waals surface area contributed by atoms with Crippen LogP contribution >= 0.6 is 11.3 Å². The van der Waals surface area contributed by atoms with Crippen molar-refractivity contribution in [3.63, 3.8) is 0 Å². The standard InChI is InChI=1S/C22H23N5O2S/c1-12(2)27-21-18(11-24-27)17(9-19(26-21)16-8-13(3)30-14(16)4)22(28)25-15-6-7-20(29-5)23-10-15/h6-12H,1-5H3,(H,25,28). The van der Waals surface area contributed by atoms with Crippen molar-refractivity contribution >= 4 is 34.0 Å². The predicted octanol–water partition coefficient (Wildman–Crippen LogP) is 5.01. The number of ether oxygens (including phenoxy) is 1. The van der Waals surface area contributed by atoms with Gasteiger partial charge in [0.2, 0.25) is 5.88 Å². The van der Waals surface area contributed by atoms with Crippen molar-refractivity contribution in [3.8, 4) is 17.1 Å². The number of fused-ring (bicyclic) bond motifs is 1. The molecule has 0 atom stereocenters. The highest BCUT2D eigenvalue weighted by Crippen LogP contribution is 2.32. The van der Waals surface area contributed by atoms with Crippen LogP contribution in [0.5, 0.6) is 5.88 Å². The number of carbonyl (C=O) groups excluding carboxylic acids is 1. The molecule has 0 saturated heterocycles. The van der Waals surface area contributed by atoms with Crippen molar-refractivity contribution in [1.82, 2.24) is 19.7 Å². The fourth-order valence-electron chi connectivity index (χ4n) is 3.38. The number of carbonyl (C=O) groups is 1. The lowest BCUT2D eigenvalue weighted by atomic mass is 10.1. The van der Waals surface area contributed by atoms with Gasteiger partial charge in [0.25, 0.3) is 5.91 Å². The molecule has 4 aromatic rings. The van der Waals surface area contributed by atoms with Gasteiger partial charge in [-0.2, -0.15) is 5.10 Å². The molecule has 8 heteroatoms. The fraction of sp³-hybridized carbons (Fsp3) is 0.273. The average Bonchev–Trinajstić information content (AvgIpc) is 3.30. The number of hydrogen-bond donors (Lipinski definition) is 1. The Kier molecular flexibility index (Phi) is 5.26. The minimum Gasteiger partial charge on any atom is -0.481 e. The number of hydrogen-bond acceptors (Lipinski definition) is 6. The zero-order valence-corrected chi connectivity index (χ0v) is 18.4. The Hall–Kier alpha value is -3.26. The molecule has 0 fully saturated rings. The maximum Gasteiger partial charge on any atom is 0.256 e. The van der Waals surface area contributed by atoms with Crippen LogP contribution in [0.2, 0.25) is 0 Å². The molecule has 0 spiro atoms. The van der Waals surface area contributed by atoms with E-state index in [0.29, 0.717) is 22.8 Å². The molecule has 0 radical (unpaired) electrons. The molecule has 7 nitrogen and oxygen atoms in total. The maximum absolute atomic E-state index is 13.2. The summed E-state index contributed by atoms with van der Waals surface area (Å²) in [5.41, 5.74) is 3.62. The first-order valence-corrected chi connectivity index (χ1v) is 10.5. The summed E-state index contributed by atoms with van der Waals surface area (Å²) in [4.78, 5) is 24.6. The van der Waals surface area contributed by atoms with E-state index in [1.54, 1.807) is 43.0 Å². The molecule has 0 bridgehead atoms. The van der Waals surface area contributed by atoms with Gasteiger partial charge in [-0.05, 0) is 45.9 Å². The van der Waals surface area contributed by atoms with Gasteiger partial charge < -0.3 is 10.1 Å². The second-order valence-electron chi connectivity index (χ2n) is 7.35. The summed E-state index contributed by atoms with van der Waals surface area (Å²) >= 11 is 1.72. The van der Waals surface area contributed by atoms with Gasteiger partial charge in [0.05, 0.1) is 41.8 Å². The van der Waals surface area contributed by atoms with Crippen LogP contribution in [0.4, 0.5) is 5.69 Å². The number of amides is 1. The van der Waals surface area contributed by atoms with Crippen LogP contribution in [-0.4, -0.2) is 32.8 Å². The third kappa shape index (κ3) is 3.66. The molecular formula is C22H23N5O2S. The molecule has 1 amide bonds. The van der Waals surface area contributed by atoms with Crippen molar-refractivity contribution in [1.29, 1.82) is 0 Å². The number of pyridine rings is 2. The molecular weight excluding hydrogens is 398 g/mol. The highest BCUT2D eigenvalue weighted by Gasteiger charge is 2.20. The molecule has 0 aliphatic heterocycles. The van der Waals surface area contributed by atoms with Gasteiger partial charge in [0.15, 0.2) is 5.65 Å². The van der Waals surface area contributed by atoms with Gasteiger partial charge in [0, 0.05) is 27.4 Å². The number of rotatable bonds is 5. The van der Waals surface area contributed by atoms with Gasteiger partial charge in [-0.15, -0.1) is 11.3 Å². The van der Waals surface area contributed by atoms with E-state index in [9.17, 15) is 4.79 Å². The molecule has 1 N–H and O–H groups in total. The van der Waals surface area contributed by atoms with Gasteiger partial charge in [0.1, 0.15) is 0 Å². The molecule has 0 aliphatic carbocycles. The summed E-state index contributed by atoms with van der Waals surface area (Å²) in [6, 6.07) is 7.54. The van der Waals surface area contributed by atoms with Crippen molar-refractivity contribution in [3.05, 3.63) is 52.0 Å². The lowest BCUT2D eigenvalue weighted by molar-refractivity contribution is 0.102. The molecule has 0 aromatic carbocycles. The summed E-state index contributed by atoms with van der Waals surface area (Å²) in [5, 5.41) is 8.12. The molecule has 4 rings (SSSR count). The zero-order valence-electron chi connectivity index (χ0n) is 17.6. The lowest BCUT2D eigenvalue weighted by Crippen LogP contribution is -2.13. The van der Waals surface area contributed by atoms with Gasteiger partial charge >= 0.3 is 0 Å². The van der Waals surface area contributed by atoms with E-state index in [2.05, 4.69) is 35.3 Å². The minimum absolute atomic E-state index is 0.122. The van der Waals surface area contributed by atoms with Crippen LogP contribution in [0.1, 0.15) is 40.0 Å². The summed E-state index contributed by atoms with van der Waals surface area (Å²) in [7, 11) is 1.55. The Balaban J connectivity index is 1.82. The Morgan fingerprint density at radius 3 is 2.60 bits per heavy atom. The van der Waals surface area contributed by atoms with Gasteiger partial charge in [-0.1, -0.05) is 0 Å². The Morgan fingerprint density at radius 2 is 2.00 bits per heavy atom. The van der Waals surface area contributed by atoms with E-state index in [1.807, 2.05) is 24.6 Å². The quantitative estimate of drug-likeness (QED) is 0.490. The monoisotopic (exact) mass is 421 g/mol. The van der Waals surface area contributed by atoms with Crippen LogP contribution in [0.25, 0.3) is 22.3 Å². The molecule has 0 saturated carbocycles. The average molecular weight is 422 g/mol. The number of nitrogens with zero attached hydrogens (tertiary/aromatic N) is 4. The van der Waals surface area contributed by atoms with Crippen LogP contribution in [-0.2, 0) is 0 Å². The molecule has 0 unspecified atom stereocenters. The van der Waals surface area contributed by atoms with Crippen LogP contribution in [0.15, 0.2) is 36.7 Å². The van der Waals surface area contributed by atoms with E-state index >= 15 is 0 Å². The topological polar surface area (TPSA) is 81.9 Å². The SMILES string of the molecule is COc1ccc(NC(=O)c2cc(-c3cc(C)sc3C)nc3c2cnn3C(C)C)cn1. The summed E-state index contributed by atoms with van der Waals surface area (Å²) in [6.45, 7) is 8.23. The van der Waals surface area contributed by atoms with Crippen LogP contribution < -0.4 is 10.1 Å².